The number of pyridine rings is 1. The molecular formula is C13H20N2O. The average molecular weight is 220 g/mol. The molecule has 88 valence electrons. The van der Waals surface area contributed by atoms with E-state index in [1.165, 1.54) is 17.7 Å². The first-order valence-electron chi connectivity index (χ1n) is 6.15. The molecule has 3 nitrogen and oxygen atoms in total. The van der Waals surface area contributed by atoms with E-state index in [9.17, 15) is 4.79 Å². The minimum Gasteiger partial charge on any atom is -0.315 e. The minimum absolute atomic E-state index is 0.148. The van der Waals surface area contributed by atoms with Crippen LogP contribution in [0.4, 0.5) is 0 Å². The number of nitrogens with zero attached hydrogens (tertiary/aromatic N) is 1. The van der Waals surface area contributed by atoms with Gasteiger partial charge in [-0.05, 0) is 38.3 Å². The van der Waals surface area contributed by atoms with Crippen molar-refractivity contribution in [3.8, 4) is 0 Å². The molecule has 1 aromatic heterocycles. The smallest absolute Gasteiger partial charge is 0.250 e. The summed E-state index contributed by atoms with van der Waals surface area (Å²) in [6.07, 6.45) is 4.43. The van der Waals surface area contributed by atoms with Crippen molar-refractivity contribution in [3.63, 3.8) is 0 Å². The fraction of sp³-hybridized carbons (Fsp3) is 0.615. The SMILES string of the molecule is CCC(Cn1c2c(ccc1=O)CCC2)NC. The summed E-state index contributed by atoms with van der Waals surface area (Å²) in [5.74, 6) is 0. The number of hydrogen-bond acceptors (Lipinski definition) is 2. The first-order valence-corrected chi connectivity index (χ1v) is 6.15. The molecule has 0 amide bonds. The van der Waals surface area contributed by atoms with Crippen LogP contribution in [-0.2, 0) is 19.4 Å². The maximum absolute atomic E-state index is 11.9. The topological polar surface area (TPSA) is 34.0 Å². The lowest BCUT2D eigenvalue weighted by atomic mass is 10.2. The summed E-state index contributed by atoms with van der Waals surface area (Å²) in [6.45, 7) is 2.95. The van der Waals surface area contributed by atoms with Gasteiger partial charge in [-0.25, -0.2) is 0 Å². The highest BCUT2D eigenvalue weighted by molar-refractivity contribution is 5.25. The van der Waals surface area contributed by atoms with Gasteiger partial charge in [0, 0.05) is 24.3 Å². The van der Waals surface area contributed by atoms with Crippen LogP contribution < -0.4 is 10.9 Å². The first kappa shape index (κ1) is 11.4. The molecule has 1 N–H and O–H groups in total. The summed E-state index contributed by atoms with van der Waals surface area (Å²) in [7, 11) is 1.96. The van der Waals surface area contributed by atoms with E-state index in [-0.39, 0.29) is 5.56 Å². The molecule has 0 radical (unpaired) electrons. The fourth-order valence-electron chi connectivity index (χ4n) is 2.48. The largest absolute Gasteiger partial charge is 0.315 e. The number of hydrogen-bond donors (Lipinski definition) is 1. The van der Waals surface area contributed by atoms with Crippen LogP contribution in [0, 0.1) is 0 Å². The van der Waals surface area contributed by atoms with Gasteiger partial charge in [-0.2, -0.15) is 0 Å². The second-order valence-electron chi connectivity index (χ2n) is 4.50. The molecule has 1 atom stereocenters. The van der Waals surface area contributed by atoms with Crippen LogP contribution in [0.2, 0.25) is 0 Å². The first-order chi connectivity index (χ1) is 7.76. The zero-order valence-corrected chi connectivity index (χ0v) is 10.1. The average Bonchev–Trinajstić information content (AvgIpc) is 2.76. The predicted molar refractivity (Wildman–Crippen MR) is 65.9 cm³/mol. The number of likely N-dealkylation sites (N-methyl/N-ethyl adjacent to an activating group) is 1. The molecule has 0 saturated carbocycles. The summed E-state index contributed by atoms with van der Waals surface area (Å²) in [6, 6.07) is 4.11. The van der Waals surface area contributed by atoms with Crippen molar-refractivity contribution in [2.75, 3.05) is 7.05 Å². The Hall–Kier alpha value is -1.09. The third-order valence-electron chi connectivity index (χ3n) is 3.55. The minimum atomic E-state index is 0.148. The van der Waals surface area contributed by atoms with Crippen LogP contribution >= 0.6 is 0 Å². The number of fused-ring (bicyclic) bond motifs is 1. The highest BCUT2D eigenvalue weighted by Crippen LogP contribution is 2.20. The van der Waals surface area contributed by atoms with Gasteiger partial charge in [0.25, 0.3) is 5.56 Å². The van der Waals surface area contributed by atoms with E-state index < -0.39 is 0 Å². The maximum Gasteiger partial charge on any atom is 0.250 e. The van der Waals surface area contributed by atoms with E-state index >= 15 is 0 Å². The molecule has 2 rings (SSSR count). The Morgan fingerprint density at radius 3 is 2.94 bits per heavy atom. The Bertz CT molecular complexity index is 418. The Labute approximate surface area is 96.5 Å². The molecule has 1 heterocycles. The zero-order chi connectivity index (χ0) is 11.5. The van der Waals surface area contributed by atoms with E-state index in [4.69, 9.17) is 0 Å². The van der Waals surface area contributed by atoms with Crippen LogP contribution in [0.15, 0.2) is 16.9 Å². The zero-order valence-electron chi connectivity index (χ0n) is 10.1. The Morgan fingerprint density at radius 2 is 2.25 bits per heavy atom. The number of aromatic nitrogens is 1. The molecule has 0 fully saturated rings. The van der Waals surface area contributed by atoms with Crippen molar-refractivity contribution in [1.29, 1.82) is 0 Å². The summed E-state index contributed by atoms with van der Waals surface area (Å²) in [5, 5.41) is 3.26. The molecule has 0 bridgehead atoms. The lowest BCUT2D eigenvalue weighted by Gasteiger charge is -2.18. The summed E-state index contributed by atoms with van der Waals surface area (Å²) in [5.41, 5.74) is 2.78. The number of rotatable bonds is 4. The van der Waals surface area contributed by atoms with Gasteiger partial charge in [0.2, 0.25) is 0 Å². The van der Waals surface area contributed by atoms with Gasteiger partial charge < -0.3 is 9.88 Å². The van der Waals surface area contributed by atoms with Crippen LogP contribution in [0.25, 0.3) is 0 Å². The predicted octanol–water partition coefficient (Wildman–Crippen LogP) is 1.33. The Kier molecular flexibility index (Phi) is 3.44. The molecule has 1 unspecified atom stereocenters. The third-order valence-corrected chi connectivity index (χ3v) is 3.55. The van der Waals surface area contributed by atoms with E-state index in [0.717, 1.165) is 25.8 Å². The molecule has 16 heavy (non-hydrogen) atoms. The van der Waals surface area contributed by atoms with Crippen LogP contribution in [0.1, 0.15) is 31.0 Å². The van der Waals surface area contributed by atoms with E-state index in [2.05, 4.69) is 12.2 Å². The maximum atomic E-state index is 11.9. The molecular weight excluding hydrogens is 200 g/mol. The van der Waals surface area contributed by atoms with Gasteiger partial charge in [-0.1, -0.05) is 13.0 Å². The molecule has 0 aliphatic heterocycles. The van der Waals surface area contributed by atoms with Crippen molar-refractivity contribution in [3.05, 3.63) is 33.7 Å². The van der Waals surface area contributed by atoms with Crippen molar-refractivity contribution < 1.29 is 0 Å². The van der Waals surface area contributed by atoms with E-state index in [1.54, 1.807) is 6.07 Å². The Balaban J connectivity index is 2.33. The lowest BCUT2D eigenvalue weighted by molar-refractivity contribution is 0.453. The van der Waals surface area contributed by atoms with Gasteiger partial charge >= 0.3 is 0 Å². The monoisotopic (exact) mass is 220 g/mol. The number of aryl methyl sites for hydroxylation is 1. The lowest BCUT2D eigenvalue weighted by Crippen LogP contribution is -2.35. The highest BCUT2D eigenvalue weighted by atomic mass is 16.1. The van der Waals surface area contributed by atoms with Crippen molar-refractivity contribution >= 4 is 0 Å². The molecule has 0 saturated heterocycles. The summed E-state index contributed by atoms with van der Waals surface area (Å²) in [4.78, 5) is 11.9. The van der Waals surface area contributed by atoms with Crippen LogP contribution in [0.5, 0.6) is 0 Å². The highest BCUT2D eigenvalue weighted by Gasteiger charge is 2.17. The van der Waals surface area contributed by atoms with Crippen molar-refractivity contribution in [1.82, 2.24) is 9.88 Å². The standard InChI is InChI=1S/C13H20N2O/c1-3-11(14-2)9-15-12-6-4-5-10(12)7-8-13(15)16/h7-8,11,14H,3-6,9H2,1-2H3. The third kappa shape index (κ3) is 2.05. The van der Waals surface area contributed by atoms with Gasteiger partial charge in [0.1, 0.15) is 0 Å². The van der Waals surface area contributed by atoms with Crippen LogP contribution in [0.3, 0.4) is 0 Å². The summed E-state index contributed by atoms with van der Waals surface area (Å²) >= 11 is 0. The molecule has 1 aliphatic rings. The van der Waals surface area contributed by atoms with Gasteiger partial charge in [-0.15, -0.1) is 0 Å². The van der Waals surface area contributed by atoms with Crippen molar-refractivity contribution in [2.24, 2.45) is 0 Å². The second kappa shape index (κ2) is 4.83. The van der Waals surface area contributed by atoms with Gasteiger partial charge in [-0.3, -0.25) is 4.79 Å². The van der Waals surface area contributed by atoms with Crippen LogP contribution in [-0.4, -0.2) is 17.7 Å². The van der Waals surface area contributed by atoms with Gasteiger partial charge in [0.15, 0.2) is 0 Å². The quantitative estimate of drug-likeness (QED) is 0.830. The Morgan fingerprint density at radius 1 is 1.44 bits per heavy atom. The molecule has 0 aromatic carbocycles. The second-order valence-corrected chi connectivity index (χ2v) is 4.50. The van der Waals surface area contributed by atoms with Gasteiger partial charge in [0.05, 0.1) is 0 Å². The molecule has 1 aromatic rings. The molecule has 0 spiro atoms. The summed E-state index contributed by atoms with van der Waals surface area (Å²) < 4.78 is 1.97. The molecule has 1 aliphatic carbocycles. The van der Waals surface area contributed by atoms with Crippen molar-refractivity contribution in [2.45, 2.75) is 45.2 Å². The normalized spacial score (nSPS) is 16.1. The fourth-order valence-corrected chi connectivity index (χ4v) is 2.48. The molecule has 3 heteroatoms. The van der Waals surface area contributed by atoms with E-state index in [0.29, 0.717) is 6.04 Å². The number of nitrogens with one attached hydrogen (secondary N) is 1. The van der Waals surface area contributed by atoms with E-state index in [1.807, 2.05) is 17.7 Å².